The lowest BCUT2D eigenvalue weighted by molar-refractivity contribution is 0.419. The molecule has 1 aromatic rings. The minimum absolute atomic E-state index is 0.00479. The van der Waals surface area contributed by atoms with Crippen LogP contribution in [0.25, 0.3) is 0 Å². The summed E-state index contributed by atoms with van der Waals surface area (Å²) in [6.45, 7) is 6.44. The Morgan fingerprint density at radius 3 is 3.00 bits per heavy atom. The Hall–Kier alpha value is -1.36. The first-order chi connectivity index (χ1) is 8.63. The number of aromatic nitrogens is 2. The first-order valence-corrected chi connectivity index (χ1v) is 6.65. The van der Waals surface area contributed by atoms with Crippen LogP contribution >= 0.6 is 0 Å². The third kappa shape index (κ3) is 2.56. The molecule has 18 heavy (non-hydrogen) atoms. The lowest BCUT2D eigenvalue weighted by atomic mass is 9.98. The molecule has 5 nitrogen and oxygen atoms in total. The second kappa shape index (κ2) is 5.52. The highest BCUT2D eigenvalue weighted by Crippen LogP contribution is 2.18. The first-order valence-electron chi connectivity index (χ1n) is 6.65. The quantitative estimate of drug-likeness (QED) is 0.869. The van der Waals surface area contributed by atoms with Gasteiger partial charge < -0.3 is 15.2 Å². The van der Waals surface area contributed by atoms with Crippen molar-refractivity contribution in [2.24, 2.45) is 11.7 Å². The van der Waals surface area contributed by atoms with Gasteiger partial charge in [0, 0.05) is 31.5 Å². The maximum atomic E-state index is 12.3. The Morgan fingerprint density at radius 2 is 2.33 bits per heavy atom. The number of piperidine rings is 1. The van der Waals surface area contributed by atoms with Crippen molar-refractivity contribution in [3.63, 3.8) is 0 Å². The summed E-state index contributed by atoms with van der Waals surface area (Å²) >= 11 is 0. The van der Waals surface area contributed by atoms with Gasteiger partial charge in [0.2, 0.25) is 0 Å². The van der Waals surface area contributed by atoms with Crippen LogP contribution in [0.3, 0.4) is 0 Å². The average Bonchev–Trinajstić information content (AvgIpc) is 2.38. The summed E-state index contributed by atoms with van der Waals surface area (Å²) in [7, 11) is 0. The third-order valence-corrected chi connectivity index (χ3v) is 3.56. The number of hydrogen-bond acceptors (Lipinski definition) is 4. The zero-order valence-corrected chi connectivity index (χ0v) is 11.2. The van der Waals surface area contributed by atoms with Crippen molar-refractivity contribution in [3.05, 3.63) is 22.7 Å². The number of anilines is 1. The standard InChI is InChI=1S/C13H22N4O/c1-10(2)17-7-5-15-12(13(17)18)16-6-3-4-11(8-14)9-16/h5,7,10-11H,3-4,6,8-9,14H2,1-2H3. The molecule has 2 rings (SSSR count). The molecule has 1 saturated heterocycles. The van der Waals surface area contributed by atoms with Gasteiger partial charge in [-0.2, -0.15) is 0 Å². The van der Waals surface area contributed by atoms with Gasteiger partial charge in [0.25, 0.3) is 5.56 Å². The minimum atomic E-state index is 0.00479. The van der Waals surface area contributed by atoms with Crippen molar-refractivity contribution >= 4 is 5.82 Å². The monoisotopic (exact) mass is 250 g/mol. The Labute approximate surface area is 108 Å². The van der Waals surface area contributed by atoms with E-state index in [2.05, 4.69) is 9.88 Å². The molecule has 0 spiro atoms. The molecule has 2 N–H and O–H groups in total. The van der Waals surface area contributed by atoms with Crippen molar-refractivity contribution in [2.75, 3.05) is 24.5 Å². The van der Waals surface area contributed by atoms with E-state index in [0.717, 1.165) is 25.9 Å². The van der Waals surface area contributed by atoms with Crippen LogP contribution in [-0.4, -0.2) is 29.2 Å². The molecule has 0 aromatic carbocycles. The van der Waals surface area contributed by atoms with Crippen LogP contribution in [0.4, 0.5) is 5.82 Å². The summed E-state index contributed by atoms with van der Waals surface area (Å²) in [5, 5.41) is 0. The largest absolute Gasteiger partial charge is 0.352 e. The van der Waals surface area contributed by atoms with E-state index in [1.807, 2.05) is 13.8 Å². The van der Waals surface area contributed by atoms with Crippen molar-refractivity contribution in [2.45, 2.75) is 32.7 Å². The zero-order valence-electron chi connectivity index (χ0n) is 11.2. The van der Waals surface area contributed by atoms with E-state index >= 15 is 0 Å². The van der Waals surface area contributed by atoms with Gasteiger partial charge in [-0.05, 0) is 39.2 Å². The SMILES string of the molecule is CC(C)n1ccnc(N2CCCC(CN)C2)c1=O. The Bertz CT molecular complexity index is 455. The summed E-state index contributed by atoms with van der Waals surface area (Å²) in [5.74, 6) is 1.05. The predicted octanol–water partition coefficient (Wildman–Crippen LogP) is 0.999. The summed E-state index contributed by atoms with van der Waals surface area (Å²) in [6, 6.07) is 0.161. The molecule has 1 fully saturated rings. The van der Waals surface area contributed by atoms with E-state index in [9.17, 15) is 4.79 Å². The van der Waals surface area contributed by atoms with Gasteiger partial charge >= 0.3 is 0 Å². The van der Waals surface area contributed by atoms with E-state index in [1.54, 1.807) is 17.0 Å². The smallest absolute Gasteiger partial charge is 0.293 e. The van der Waals surface area contributed by atoms with Gasteiger partial charge in [0.15, 0.2) is 5.82 Å². The fourth-order valence-electron chi connectivity index (χ4n) is 2.49. The van der Waals surface area contributed by atoms with Crippen molar-refractivity contribution in [1.29, 1.82) is 0 Å². The molecule has 1 unspecified atom stereocenters. The highest BCUT2D eigenvalue weighted by Gasteiger charge is 2.22. The van der Waals surface area contributed by atoms with Gasteiger partial charge in [-0.25, -0.2) is 4.98 Å². The minimum Gasteiger partial charge on any atom is -0.352 e. The Balaban J connectivity index is 2.28. The van der Waals surface area contributed by atoms with Crippen molar-refractivity contribution in [1.82, 2.24) is 9.55 Å². The van der Waals surface area contributed by atoms with E-state index in [4.69, 9.17) is 5.73 Å². The van der Waals surface area contributed by atoms with Gasteiger partial charge in [-0.3, -0.25) is 4.79 Å². The molecule has 0 bridgehead atoms. The van der Waals surface area contributed by atoms with Crippen LogP contribution in [0.15, 0.2) is 17.2 Å². The van der Waals surface area contributed by atoms with Crippen LogP contribution in [0.2, 0.25) is 0 Å². The summed E-state index contributed by atoms with van der Waals surface area (Å²) in [6.07, 6.45) is 5.70. The first kappa shape index (κ1) is 13.1. The van der Waals surface area contributed by atoms with Crippen LogP contribution in [0, 0.1) is 5.92 Å². The molecular weight excluding hydrogens is 228 g/mol. The normalized spacial score (nSPS) is 20.4. The maximum Gasteiger partial charge on any atom is 0.293 e. The third-order valence-electron chi connectivity index (χ3n) is 3.56. The molecule has 2 heterocycles. The van der Waals surface area contributed by atoms with Crippen molar-refractivity contribution in [3.8, 4) is 0 Å². The van der Waals surface area contributed by atoms with E-state index in [-0.39, 0.29) is 11.6 Å². The highest BCUT2D eigenvalue weighted by molar-refractivity contribution is 5.36. The second-order valence-electron chi connectivity index (χ2n) is 5.25. The number of hydrogen-bond donors (Lipinski definition) is 1. The molecule has 0 aliphatic carbocycles. The van der Waals surface area contributed by atoms with E-state index < -0.39 is 0 Å². The Kier molecular flexibility index (Phi) is 4.01. The lowest BCUT2D eigenvalue weighted by Crippen LogP contribution is -2.42. The van der Waals surface area contributed by atoms with Gasteiger partial charge in [0.05, 0.1) is 0 Å². The van der Waals surface area contributed by atoms with E-state index in [1.165, 1.54) is 0 Å². The molecule has 100 valence electrons. The fraction of sp³-hybridized carbons (Fsp3) is 0.692. The molecule has 0 saturated carbocycles. The predicted molar refractivity (Wildman–Crippen MR) is 72.9 cm³/mol. The molecule has 1 atom stereocenters. The highest BCUT2D eigenvalue weighted by atomic mass is 16.1. The molecule has 1 aliphatic heterocycles. The van der Waals surface area contributed by atoms with Crippen molar-refractivity contribution < 1.29 is 0 Å². The van der Waals surface area contributed by atoms with Crippen LogP contribution in [0.1, 0.15) is 32.7 Å². The maximum absolute atomic E-state index is 12.3. The Morgan fingerprint density at radius 1 is 1.56 bits per heavy atom. The molecule has 0 amide bonds. The zero-order chi connectivity index (χ0) is 13.1. The summed E-state index contributed by atoms with van der Waals surface area (Å²) in [4.78, 5) is 18.7. The van der Waals surface area contributed by atoms with E-state index in [0.29, 0.717) is 18.3 Å². The molecule has 1 aliphatic rings. The number of rotatable bonds is 3. The summed E-state index contributed by atoms with van der Waals surface area (Å²) < 4.78 is 1.73. The second-order valence-corrected chi connectivity index (χ2v) is 5.25. The molecule has 0 radical (unpaired) electrons. The summed E-state index contributed by atoms with van der Waals surface area (Å²) in [5.41, 5.74) is 5.73. The number of nitrogens with two attached hydrogens (primary N) is 1. The van der Waals surface area contributed by atoms with Crippen LogP contribution in [-0.2, 0) is 0 Å². The van der Waals surface area contributed by atoms with Gasteiger partial charge in [-0.1, -0.05) is 0 Å². The van der Waals surface area contributed by atoms with Crippen LogP contribution in [0.5, 0.6) is 0 Å². The average molecular weight is 250 g/mol. The molecule has 5 heteroatoms. The fourth-order valence-corrected chi connectivity index (χ4v) is 2.49. The van der Waals surface area contributed by atoms with Gasteiger partial charge in [0.1, 0.15) is 0 Å². The topological polar surface area (TPSA) is 64.2 Å². The van der Waals surface area contributed by atoms with Gasteiger partial charge in [-0.15, -0.1) is 0 Å². The molecular formula is C13H22N4O. The number of nitrogens with zero attached hydrogens (tertiary/aromatic N) is 3. The van der Waals surface area contributed by atoms with Crippen LogP contribution < -0.4 is 16.2 Å². The lowest BCUT2D eigenvalue weighted by Gasteiger charge is -2.32. The molecule has 1 aromatic heterocycles.